The summed E-state index contributed by atoms with van der Waals surface area (Å²) < 4.78 is 4.96. The van der Waals surface area contributed by atoms with Crippen LogP contribution in [0.1, 0.15) is 216 Å². The Morgan fingerprint density at radius 2 is 0.562 bits per heavy atom. The molecule has 12 rings (SSSR count). The van der Waals surface area contributed by atoms with Crippen molar-refractivity contribution in [2.75, 3.05) is 0 Å². The van der Waals surface area contributed by atoms with Crippen LogP contribution in [0.3, 0.4) is 0 Å². The van der Waals surface area contributed by atoms with E-state index < -0.39 is 0 Å². The summed E-state index contributed by atoms with van der Waals surface area (Å²) in [7, 11) is 0. The van der Waals surface area contributed by atoms with Gasteiger partial charge >= 0.3 is 0 Å². The van der Waals surface area contributed by atoms with Crippen molar-refractivity contribution in [3.63, 3.8) is 0 Å². The maximum atomic E-state index is 10.3. The first-order valence-corrected chi connectivity index (χ1v) is 34.6. The van der Waals surface area contributed by atoms with Crippen molar-refractivity contribution < 1.29 is 0 Å². The number of nitriles is 1. The lowest BCUT2D eigenvalue weighted by Gasteiger charge is -2.26. The van der Waals surface area contributed by atoms with Crippen molar-refractivity contribution in [2.45, 2.75) is 209 Å². The molecule has 6 nitrogen and oxygen atoms in total. The number of nitrogens with zero attached hydrogens (tertiary/aromatic N) is 6. The lowest BCUT2D eigenvalue weighted by atomic mass is 9.79. The molecule has 0 radical (unpaired) electrons. The van der Waals surface area contributed by atoms with Gasteiger partial charge in [-0.1, -0.05) is 227 Å². The third kappa shape index (κ3) is 12.8. The Labute approximate surface area is 572 Å². The third-order valence-electron chi connectivity index (χ3n) is 19.8. The maximum absolute atomic E-state index is 10.3. The highest BCUT2D eigenvalue weighted by molar-refractivity contribution is 6.12. The molecule has 0 atom stereocenters. The zero-order valence-corrected chi connectivity index (χ0v) is 61.8. The monoisotopic (exact) mass is 1260 g/mol. The first-order valence-electron chi connectivity index (χ1n) is 34.6. The average molecular weight is 1270 g/mol. The van der Waals surface area contributed by atoms with Crippen LogP contribution in [-0.4, -0.2) is 24.1 Å². The summed E-state index contributed by atoms with van der Waals surface area (Å²) in [5.74, 6) is 1.79. The van der Waals surface area contributed by atoms with Gasteiger partial charge in [0.25, 0.3) is 0 Å². The van der Waals surface area contributed by atoms with E-state index in [-0.39, 0.29) is 43.3 Å². The minimum Gasteiger partial charge on any atom is -0.309 e. The van der Waals surface area contributed by atoms with Gasteiger partial charge in [-0.25, -0.2) is 15.0 Å². The normalized spacial score (nSPS) is 13.2. The summed E-state index contributed by atoms with van der Waals surface area (Å²) in [6.07, 6.45) is 0. The number of benzene rings is 9. The quantitative estimate of drug-likeness (QED) is 0.159. The zero-order valence-electron chi connectivity index (χ0n) is 61.8. The Bertz CT molecular complexity index is 4820. The SMILES string of the molecule is CC(C)(C)c1cc(-c2nc(-c3cc(C(C)(C)C)cc(C(C)(C)C)c3)nc(-c3cc(-c4cc(-c5cccc(C#N)c5)ccc4-n4c5ccc(C(C)(C)C)cc5c5cc(C(C)(C)C)ccc54)ccc3-n3c4ccc(C(C)(C)C)cc4c4cc(C(C)(C)C)ccc43)n2)cc(C(C)(C)C)c1. The van der Waals surface area contributed by atoms with Gasteiger partial charge in [-0.3, -0.25) is 0 Å². The van der Waals surface area contributed by atoms with Gasteiger partial charge < -0.3 is 9.13 Å². The van der Waals surface area contributed by atoms with Crippen molar-refractivity contribution in [3.8, 4) is 73.9 Å². The van der Waals surface area contributed by atoms with E-state index in [9.17, 15) is 5.26 Å². The van der Waals surface area contributed by atoms with Crippen molar-refractivity contribution in [3.05, 3.63) is 220 Å². The molecule has 9 aromatic carbocycles. The van der Waals surface area contributed by atoms with Gasteiger partial charge in [0.05, 0.1) is 45.1 Å². The number of hydrogen-bond acceptors (Lipinski definition) is 4. The highest BCUT2D eigenvalue weighted by Gasteiger charge is 2.30. The van der Waals surface area contributed by atoms with E-state index in [4.69, 9.17) is 15.0 Å². The van der Waals surface area contributed by atoms with Gasteiger partial charge in [-0.15, -0.1) is 0 Å². The van der Waals surface area contributed by atoms with Crippen LogP contribution < -0.4 is 0 Å². The molecule has 0 fully saturated rings. The van der Waals surface area contributed by atoms with E-state index in [1.54, 1.807) is 0 Å². The predicted octanol–water partition coefficient (Wildman–Crippen LogP) is 24.7. The van der Waals surface area contributed by atoms with Crippen LogP contribution in [-0.2, 0) is 43.3 Å². The summed E-state index contributed by atoms with van der Waals surface area (Å²) in [5.41, 5.74) is 22.8. The van der Waals surface area contributed by atoms with Crippen LogP contribution in [0.15, 0.2) is 170 Å². The van der Waals surface area contributed by atoms with Crippen LogP contribution in [0, 0.1) is 11.3 Å². The molecule has 96 heavy (non-hydrogen) atoms. The second-order valence-electron chi connectivity index (χ2n) is 35.7. The second-order valence-corrected chi connectivity index (χ2v) is 35.7. The highest BCUT2D eigenvalue weighted by atomic mass is 15.1. The highest BCUT2D eigenvalue weighted by Crippen LogP contribution is 2.46. The summed E-state index contributed by atoms with van der Waals surface area (Å²) in [6, 6.07) is 66.6. The average Bonchev–Trinajstić information content (AvgIpc) is 1.55. The fraction of sp³-hybridized carbons (Fsp3) is 0.356. The smallest absolute Gasteiger partial charge is 0.166 e. The first kappa shape index (κ1) is 67.1. The molecule has 12 aromatic rings. The molecule has 0 unspecified atom stereocenters. The molecule has 0 saturated carbocycles. The molecule has 0 amide bonds. The van der Waals surface area contributed by atoms with E-state index in [1.807, 2.05) is 18.2 Å². The number of rotatable bonds is 7. The molecule has 3 aromatic heterocycles. The topological polar surface area (TPSA) is 72.3 Å². The lowest BCUT2D eigenvalue weighted by Crippen LogP contribution is -2.17. The van der Waals surface area contributed by atoms with E-state index in [1.165, 1.54) is 66.1 Å². The van der Waals surface area contributed by atoms with Crippen molar-refractivity contribution >= 4 is 43.6 Å². The van der Waals surface area contributed by atoms with Gasteiger partial charge in [0.1, 0.15) is 0 Å². The van der Waals surface area contributed by atoms with Crippen LogP contribution in [0.5, 0.6) is 0 Å². The van der Waals surface area contributed by atoms with Gasteiger partial charge in [0, 0.05) is 43.8 Å². The Balaban J connectivity index is 1.26. The number of hydrogen-bond donors (Lipinski definition) is 0. The fourth-order valence-electron chi connectivity index (χ4n) is 13.4. The molecule has 0 saturated heterocycles. The molecule has 0 aliphatic carbocycles. The van der Waals surface area contributed by atoms with Crippen molar-refractivity contribution in [2.24, 2.45) is 0 Å². The molecule has 0 aliphatic rings. The van der Waals surface area contributed by atoms with Gasteiger partial charge in [0.2, 0.25) is 0 Å². The largest absolute Gasteiger partial charge is 0.309 e. The Hall–Kier alpha value is -8.92. The molecule has 3 heterocycles. The first-order chi connectivity index (χ1) is 44.5. The molecule has 0 aliphatic heterocycles. The maximum Gasteiger partial charge on any atom is 0.166 e. The number of fused-ring (bicyclic) bond motifs is 6. The molecular weight excluding hydrogens is 1170 g/mol. The summed E-state index contributed by atoms with van der Waals surface area (Å²) in [5, 5.41) is 15.2. The van der Waals surface area contributed by atoms with Crippen LogP contribution >= 0.6 is 0 Å². The van der Waals surface area contributed by atoms with Gasteiger partial charge in [0.15, 0.2) is 17.5 Å². The van der Waals surface area contributed by atoms with E-state index in [0.29, 0.717) is 23.0 Å². The minimum absolute atomic E-state index is 0.0728. The zero-order chi connectivity index (χ0) is 69.5. The van der Waals surface area contributed by atoms with E-state index in [2.05, 4.69) is 333 Å². The lowest BCUT2D eigenvalue weighted by molar-refractivity contribution is 0.568. The van der Waals surface area contributed by atoms with Crippen LogP contribution in [0.25, 0.3) is 111 Å². The number of aromatic nitrogens is 5. The van der Waals surface area contributed by atoms with Gasteiger partial charge in [-0.05, 0) is 214 Å². The van der Waals surface area contributed by atoms with E-state index in [0.717, 1.165) is 72.4 Å². The summed E-state index contributed by atoms with van der Waals surface area (Å²) in [6.45, 7) is 55.2. The minimum atomic E-state index is -0.169. The summed E-state index contributed by atoms with van der Waals surface area (Å²) >= 11 is 0. The molecule has 0 N–H and O–H groups in total. The Morgan fingerprint density at radius 3 is 0.896 bits per heavy atom. The van der Waals surface area contributed by atoms with Crippen molar-refractivity contribution in [1.29, 1.82) is 5.26 Å². The van der Waals surface area contributed by atoms with Gasteiger partial charge in [-0.2, -0.15) is 5.26 Å². The second kappa shape index (κ2) is 23.1. The van der Waals surface area contributed by atoms with Crippen LogP contribution in [0.2, 0.25) is 0 Å². The third-order valence-corrected chi connectivity index (χ3v) is 19.8. The van der Waals surface area contributed by atoms with Crippen LogP contribution in [0.4, 0.5) is 0 Å². The molecule has 6 heteroatoms. The fourth-order valence-corrected chi connectivity index (χ4v) is 13.4. The van der Waals surface area contributed by atoms with E-state index >= 15 is 0 Å². The molecule has 0 spiro atoms. The predicted molar refractivity (Wildman–Crippen MR) is 410 cm³/mol. The van der Waals surface area contributed by atoms with Crippen molar-refractivity contribution in [1.82, 2.24) is 24.1 Å². The molecule has 490 valence electrons. The molecule has 0 bridgehead atoms. The Kier molecular flexibility index (Phi) is 16.2. The Morgan fingerprint density at radius 1 is 0.260 bits per heavy atom. The standard InChI is InChI=1S/C90H100N6/c1-83(2,3)60-30-36-75-69(49-60)70-50-61(84(4,5)6)31-37-76(70)95(75)74-34-28-56(55-27-25-26-54(40-55)53-91)45-68(74)57-29-35-79(96-77-38-32-62(85(7,8)9)51-71(77)72-52-63(86(10,11)12)33-39-78(72)96)73(46-57)82-93-80(58-41-64(87(13,14)15)47-65(42-58)88(16,17)18)92-81(94-82)59-43-66(89(19,20)21)48-67(44-59)90(22,23)24/h25-52H,1-24H3. The summed E-state index contributed by atoms with van der Waals surface area (Å²) in [4.78, 5) is 17.4. The molecular formula is C90H100N6.